The molecule has 2 heterocycles. The molecular weight excluding hydrogens is 348 g/mol. The van der Waals surface area contributed by atoms with Crippen molar-refractivity contribution in [3.63, 3.8) is 0 Å². The molecule has 4 rings (SSSR count). The van der Waals surface area contributed by atoms with Crippen LogP contribution in [0, 0.1) is 0 Å². The van der Waals surface area contributed by atoms with Gasteiger partial charge in [0.05, 0.1) is 18.8 Å². The normalized spacial score (nSPS) is 15.1. The largest absolute Gasteiger partial charge is 0.344 e. The Morgan fingerprint density at radius 2 is 1.92 bits per heavy atom. The van der Waals surface area contributed by atoms with Crippen molar-refractivity contribution in [2.24, 2.45) is 0 Å². The van der Waals surface area contributed by atoms with Gasteiger partial charge in [-0.15, -0.1) is 15.3 Å². The van der Waals surface area contributed by atoms with Crippen LogP contribution < -0.4 is 5.32 Å². The van der Waals surface area contributed by atoms with Crippen LogP contribution >= 0.6 is 11.3 Å². The molecule has 0 unspecified atom stereocenters. The highest BCUT2D eigenvalue weighted by atomic mass is 32.1. The fraction of sp³-hybridized carbons (Fsp3) is 0.389. The Hall–Kier alpha value is -2.61. The Kier molecular flexibility index (Phi) is 5.01. The summed E-state index contributed by atoms with van der Waals surface area (Å²) in [6.45, 7) is 0.333. The lowest BCUT2D eigenvalue weighted by molar-refractivity contribution is 0.0945. The van der Waals surface area contributed by atoms with Crippen molar-refractivity contribution in [2.45, 2.75) is 44.7 Å². The number of nitrogens with one attached hydrogen (secondary N) is 1. The highest BCUT2D eigenvalue weighted by molar-refractivity contribution is 7.14. The van der Waals surface area contributed by atoms with Gasteiger partial charge in [-0.05, 0) is 12.8 Å². The van der Waals surface area contributed by atoms with Gasteiger partial charge in [-0.3, -0.25) is 4.79 Å². The van der Waals surface area contributed by atoms with Crippen molar-refractivity contribution in [2.75, 3.05) is 0 Å². The summed E-state index contributed by atoms with van der Waals surface area (Å²) in [5.41, 5.74) is 1.38. The molecule has 1 aliphatic carbocycles. The van der Waals surface area contributed by atoms with Crippen LogP contribution in [0.1, 0.15) is 53.6 Å². The van der Waals surface area contributed by atoms with E-state index in [4.69, 9.17) is 0 Å². The van der Waals surface area contributed by atoms with Crippen LogP contribution in [0.4, 0.5) is 0 Å². The Morgan fingerprint density at radius 1 is 1.12 bits per heavy atom. The van der Waals surface area contributed by atoms with E-state index in [9.17, 15) is 4.79 Å². The van der Waals surface area contributed by atoms with Crippen molar-refractivity contribution >= 4 is 17.2 Å². The zero-order valence-corrected chi connectivity index (χ0v) is 15.2. The van der Waals surface area contributed by atoms with Crippen LogP contribution in [0.15, 0.2) is 36.5 Å². The fourth-order valence-electron chi connectivity index (χ4n) is 3.17. The standard InChI is InChI=1S/C18H20N6OS/c25-17(15-12-24(23-20-15)14-9-5-2-6-10-14)19-11-16-21-22-18(26-16)13-7-3-1-4-8-13/h1,3-4,7-8,12,14H,2,5-6,9-11H2,(H,19,25). The molecule has 7 nitrogen and oxygen atoms in total. The van der Waals surface area contributed by atoms with Crippen molar-refractivity contribution < 1.29 is 4.79 Å². The number of benzene rings is 1. The number of rotatable bonds is 5. The third-order valence-corrected chi connectivity index (χ3v) is 5.55. The van der Waals surface area contributed by atoms with Crippen LogP contribution in [0.3, 0.4) is 0 Å². The smallest absolute Gasteiger partial charge is 0.273 e. The second-order valence-corrected chi connectivity index (χ2v) is 7.49. The predicted octanol–water partition coefficient (Wildman–Crippen LogP) is 3.23. The molecule has 1 saturated carbocycles. The number of amides is 1. The Balaban J connectivity index is 1.35. The van der Waals surface area contributed by atoms with Gasteiger partial charge in [0.2, 0.25) is 0 Å². The lowest BCUT2D eigenvalue weighted by Crippen LogP contribution is -2.23. The topological polar surface area (TPSA) is 85.6 Å². The Morgan fingerprint density at radius 3 is 2.73 bits per heavy atom. The van der Waals surface area contributed by atoms with Gasteiger partial charge in [0.1, 0.15) is 10.0 Å². The minimum Gasteiger partial charge on any atom is -0.344 e. The summed E-state index contributed by atoms with van der Waals surface area (Å²) in [4.78, 5) is 12.3. The first kappa shape index (κ1) is 16.8. The quantitative estimate of drug-likeness (QED) is 0.747. The molecule has 0 saturated heterocycles. The summed E-state index contributed by atoms with van der Waals surface area (Å²) in [6, 6.07) is 10.3. The molecule has 0 radical (unpaired) electrons. The van der Waals surface area contributed by atoms with Gasteiger partial charge >= 0.3 is 0 Å². The number of hydrogen-bond donors (Lipinski definition) is 1. The molecule has 3 aromatic rings. The van der Waals surface area contributed by atoms with Crippen molar-refractivity contribution in [1.29, 1.82) is 0 Å². The van der Waals surface area contributed by atoms with E-state index in [1.54, 1.807) is 6.20 Å². The van der Waals surface area contributed by atoms with Gasteiger partial charge in [-0.2, -0.15) is 0 Å². The molecule has 2 aromatic heterocycles. The maximum atomic E-state index is 12.3. The van der Waals surface area contributed by atoms with Gasteiger partial charge in [0, 0.05) is 5.56 Å². The van der Waals surface area contributed by atoms with Crippen molar-refractivity contribution in [1.82, 2.24) is 30.5 Å². The van der Waals surface area contributed by atoms with E-state index in [0.717, 1.165) is 28.4 Å². The second kappa shape index (κ2) is 7.74. The first-order valence-electron chi connectivity index (χ1n) is 8.87. The van der Waals surface area contributed by atoms with E-state index < -0.39 is 0 Å². The van der Waals surface area contributed by atoms with Gasteiger partial charge in [-0.25, -0.2) is 4.68 Å². The monoisotopic (exact) mass is 368 g/mol. The zero-order chi connectivity index (χ0) is 17.8. The summed E-state index contributed by atoms with van der Waals surface area (Å²) in [7, 11) is 0. The minimum atomic E-state index is -0.233. The Labute approximate surface area is 155 Å². The summed E-state index contributed by atoms with van der Waals surface area (Å²) in [6.07, 6.45) is 7.68. The van der Waals surface area contributed by atoms with Crippen LogP contribution in [-0.4, -0.2) is 31.1 Å². The van der Waals surface area contributed by atoms with E-state index >= 15 is 0 Å². The molecule has 134 valence electrons. The summed E-state index contributed by atoms with van der Waals surface area (Å²) >= 11 is 1.47. The van der Waals surface area contributed by atoms with Crippen molar-refractivity contribution in [3.8, 4) is 10.6 Å². The van der Waals surface area contributed by atoms with E-state index in [1.807, 2.05) is 35.0 Å². The van der Waals surface area contributed by atoms with Gasteiger partial charge in [-0.1, -0.05) is 66.1 Å². The number of carbonyl (C=O) groups is 1. The molecule has 1 fully saturated rings. The number of nitrogens with zero attached hydrogens (tertiary/aromatic N) is 5. The number of hydrogen-bond acceptors (Lipinski definition) is 6. The molecule has 0 bridgehead atoms. The average molecular weight is 368 g/mol. The lowest BCUT2D eigenvalue weighted by Gasteiger charge is -2.20. The summed E-state index contributed by atoms with van der Waals surface area (Å²) in [5.74, 6) is -0.233. The van der Waals surface area contributed by atoms with Crippen LogP contribution in [0.5, 0.6) is 0 Å². The molecule has 1 amide bonds. The van der Waals surface area contributed by atoms with Crippen LogP contribution in [0.25, 0.3) is 10.6 Å². The minimum absolute atomic E-state index is 0.233. The second-order valence-electron chi connectivity index (χ2n) is 6.43. The molecule has 1 aromatic carbocycles. The van der Waals surface area contributed by atoms with E-state index in [-0.39, 0.29) is 5.91 Å². The molecule has 8 heteroatoms. The first-order chi connectivity index (χ1) is 12.8. The van der Waals surface area contributed by atoms with E-state index in [2.05, 4.69) is 25.8 Å². The molecular formula is C18H20N6OS. The summed E-state index contributed by atoms with van der Waals surface area (Å²) < 4.78 is 1.84. The lowest BCUT2D eigenvalue weighted by atomic mass is 9.96. The van der Waals surface area contributed by atoms with Crippen molar-refractivity contribution in [3.05, 3.63) is 47.2 Å². The number of aromatic nitrogens is 5. The third-order valence-electron chi connectivity index (χ3n) is 4.58. The fourth-order valence-corrected chi connectivity index (χ4v) is 3.96. The number of carbonyl (C=O) groups excluding carboxylic acids is 1. The maximum Gasteiger partial charge on any atom is 0.273 e. The van der Waals surface area contributed by atoms with E-state index in [0.29, 0.717) is 18.3 Å². The highest BCUT2D eigenvalue weighted by Gasteiger charge is 2.19. The molecule has 0 spiro atoms. The molecule has 0 aliphatic heterocycles. The molecule has 1 N–H and O–H groups in total. The average Bonchev–Trinajstić information content (AvgIpc) is 3.37. The highest BCUT2D eigenvalue weighted by Crippen LogP contribution is 2.27. The summed E-state index contributed by atoms with van der Waals surface area (Å²) in [5, 5.41) is 21.0. The third kappa shape index (κ3) is 3.80. The van der Waals surface area contributed by atoms with Gasteiger partial charge < -0.3 is 5.32 Å². The SMILES string of the molecule is O=C(NCc1nnc(-c2ccccc2)s1)c1cn(C2CCCCC2)nn1. The predicted molar refractivity (Wildman–Crippen MR) is 98.7 cm³/mol. The van der Waals surface area contributed by atoms with Gasteiger partial charge in [0.15, 0.2) is 5.69 Å². The van der Waals surface area contributed by atoms with E-state index in [1.165, 1.54) is 30.6 Å². The Bertz CT molecular complexity index is 869. The van der Waals surface area contributed by atoms with Gasteiger partial charge in [0.25, 0.3) is 5.91 Å². The molecule has 26 heavy (non-hydrogen) atoms. The molecule has 1 aliphatic rings. The zero-order valence-electron chi connectivity index (χ0n) is 14.3. The first-order valence-corrected chi connectivity index (χ1v) is 9.69. The van der Waals surface area contributed by atoms with Crippen LogP contribution in [0.2, 0.25) is 0 Å². The molecule has 0 atom stereocenters. The van der Waals surface area contributed by atoms with Crippen LogP contribution in [-0.2, 0) is 6.54 Å². The maximum absolute atomic E-state index is 12.3.